The van der Waals surface area contributed by atoms with Gasteiger partial charge < -0.3 is 14.4 Å². The van der Waals surface area contributed by atoms with Crippen LogP contribution in [0.4, 0.5) is 0 Å². The van der Waals surface area contributed by atoms with E-state index in [4.69, 9.17) is 9.47 Å². The van der Waals surface area contributed by atoms with Gasteiger partial charge in [0, 0.05) is 26.2 Å². The third-order valence-electron chi connectivity index (χ3n) is 4.55. The molecule has 0 N–H and O–H groups in total. The zero-order valence-electron chi connectivity index (χ0n) is 15.4. The van der Waals surface area contributed by atoms with Gasteiger partial charge in [0.1, 0.15) is 0 Å². The Hall–Kier alpha value is -1.75. The first-order valence-electron chi connectivity index (χ1n) is 8.74. The van der Waals surface area contributed by atoms with Crippen LogP contribution < -0.4 is 9.47 Å². The molecule has 1 aromatic carbocycles. The molecule has 0 aliphatic carbocycles. The molecule has 1 fully saturated rings. The molecule has 0 bridgehead atoms. The van der Waals surface area contributed by atoms with Crippen molar-refractivity contribution in [1.29, 1.82) is 0 Å². The molecule has 1 saturated heterocycles. The van der Waals surface area contributed by atoms with Gasteiger partial charge in [-0.05, 0) is 36.6 Å². The van der Waals surface area contributed by atoms with E-state index in [1.54, 1.807) is 14.2 Å². The summed E-state index contributed by atoms with van der Waals surface area (Å²) in [6.07, 6.45) is 1.63. The van der Waals surface area contributed by atoms with Crippen molar-refractivity contribution in [2.24, 2.45) is 5.92 Å². The molecule has 1 heterocycles. The van der Waals surface area contributed by atoms with Crippen molar-refractivity contribution in [3.05, 3.63) is 23.8 Å². The summed E-state index contributed by atoms with van der Waals surface area (Å²) in [4.78, 5) is 17.0. The summed E-state index contributed by atoms with van der Waals surface area (Å²) in [6.45, 7) is 9.24. The third kappa shape index (κ3) is 5.13. The molecule has 5 heteroatoms. The Balaban J connectivity index is 1.85. The first-order valence-corrected chi connectivity index (χ1v) is 8.74. The summed E-state index contributed by atoms with van der Waals surface area (Å²) in [7, 11) is 3.22. The average molecular weight is 334 g/mol. The van der Waals surface area contributed by atoms with Crippen molar-refractivity contribution in [1.82, 2.24) is 9.80 Å². The van der Waals surface area contributed by atoms with E-state index in [1.807, 2.05) is 23.1 Å². The first kappa shape index (κ1) is 18.6. The van der Waals surface area contributed by atoms with E-state index < -0.39 is 0 Å². The Morgan fingerprint density at radius 1 is 1.08 bits per heavy atom. The highest BCUT2D eigenvalue weighted by atomic mass is 16.5. The van der Waals surface area contributed by atoms with E-state index in [9.17, 15) is 4.79 Å². The van der Waals surface area contributed by atoms with E-state index in [0.29, 0.717) is 17.9 Å². The van der Waals surface area contributed by atoms with E-state index in [-0.39, 0.29) is 5.91 Å². The Labute approximate surface area is 145 Å². The van der Waals surface area contributed by atoms with E-state index in [0.717, 1.165) is 44.2 Å². The Morgan fingerprint density at radius 2 is 1.75 bits per heavy atom. The van der Waals surface area contributed by atoms with E-state index in [2.05, 4.69) is 18.7 Å². The number of hydrogen-bond donors (Lipinski definition) is 0. The van der Waals surface area contributed by atoms with E-state index in [1.165, 1.54) is 6.42 Å². The average Bonchev–Trinajstić information content (AvgIpc) is 2.60. The topological polar surface area (TPSA) is 42.0 Å². The molecule has 1 aromatic rings. The molecule has 1 aliphatic rings. The maximum atomic E-state index is 12.5. The van der Waals surface area contributed by atoms with Crippen LogP contribution in [0.25, 0.3) is 0 Å². The molecule has 0 unspecified atom stereocenters. The van der Waals surface area contributed by atoms with Gasteiger partial charge in [0.25, 0.3) is 0 Å². The zero-order valence-corrected chi connectivity index (χ0v) is 15.4. The highest BCUT2D eigenvalue weighted by Gasteiger charge is 2.21. The number of rotatable bonds is 7. The number of nitrogens with zero attached hydrogens (tertiary/aromatic N) is 2. The first-order chi connectivity index (χ1) is 11.5. The Bertz CT molecular complexity index is 537. The number of benzene rings is 1. The maximum Gasteiger partial charge on any atom is 0.227 e. The Morgan fingerprint density at radius 3 is 2.33 bits per heavy atom. The fraction of sp³-hybridized carbons (Fsp3) is 0.632. The second-order valence-electron chi connectivity index (χ2n) is 6.77. The molecule has 2 rings (SSSR count). The highest BCUT2D eigenvalue weighted by molar-refractivity contribution is 5.79. The van der Waals surface area contributed by atoms with Gasteiger partial charge in [-0.15, -0.1) is 0 Å². The lowest BCUT2D eigenvalue weighted by Gasteiger charge is -2.35. The van der Waals surface area contributed by atoms with Crippen LogP contribution in [0.3, 0.4) is 0 Å². The third-order valence-corrected chi connectivity index (χ3v) is 4.55. The summed E-state index contributed by atoms with van der Waals surface area (Å²) >= 11 is 0. The largest absolute Gasteiger partial charge is 0.493 e. The molecule has 24 heavy (non-hydrogen) atoms. The lowest BCUT2D eigenvalue weighted by molar-refractivity contribution is -0.132. The van der Waals surface area contributed by atoms with Gasteiger partial charge in [-0.2, -0.15) is 0 Å². The highest BCUT2D eigenvalue weighted by Crippen LogP contribution is 2.27. The monoisotopic (exact) mass is 334 g/mol. The summed E-state index contributed by atoms with van der Waals surface area (Å²) in [5.74, 6) is 2.27. The molecule has 0 saturated carbocycles. The van der Waals surface area contributed by atoms with Crippen LogP contribution >= 0.6 is 0 Å². The molecule has 134 valence electrons. The SMILES string of the molecule is COc1ccc(CC(=O)N2CCN(CCC(C)C)CC2)cc1OC. The fourth-order valence-electron chi connectivity index (χ4n) is 2.94. The molecule has 1 aliphatic heterocycles. The van der Waals surface area contributed by atoms with Crippen LogP contribution in [0.5, 0.6) is 11.5 Å². The van der Waals surface area contributed by atoms with Crippen molar-refractivity contribution in [3.63, 3.8) is 0 Å². The van der Waals surface area contributed by atoms with E-state index >= 15 is 0 Å². The normalized spacial score (nSPS) is 15.6. The van der Waals surface area contributed by atoms with Crippen LogP contribution in [-0.4, -0.2) is 62.7 Å². The van der Waals surface area contributed by atoms with Gasteiger partial charge in [0.15, 0.2) is 11.5 Å². The molecular weight excluding hydrogens is 304 g/mol. The van der Waals surface area contributed by atoms with Gasteiger partial charge in [-0.3, -0.25) is 9.69 Å². The maximum absolute atomic E-state index is 12.5. The molecule has 0 atom stereocenters. The van der Waals surface area contributed by atoms with Crippen molar-refractivity contribution in [2.45, 2.75) is 26.7 Å². The number of hydrogen-bond acceptors (Lipinski definition) is 4. The standard InChI is InChI=1S/C19H30N2O3/c1-15(2)7-8-20-9-11-21(12-10-20)19(22)14-16-5-6-17(23-3)18(13-16)24-4/h5-6,13,15H,7-12,14H2,1-4H3. The number of carbonyl (C=O) groups excluding carboxylic acids is 1. The van der Waals surface area contributed by atoms with Crippen LogP contribution in [0.1, 0.15) is 25.8 Å². The quantitative estimate of drug-likeness (QED) is 0.768. The second-order valence-corrected chi connectivity index (χ2v) is 6.77. The fourth-order valence-corrected chi connectivity index (χ4v) is 2.94. The van der Waals surface area contributed by atoms with Gasteiger partial charge in [-0.1, -0.05) is 19.9 Å². The molecule has 1 amide bonds. The Kier molecular flexibility index (Phi) is 6.91. The molecule has 0 aromatic heterocycles. The summed E-state index contributed by atoms with van der Waals surface area (Å²) < 4.78 is 10.5. The van der Waals surface area contributed by atoms with Crippen molar-refractivity contribution in [3.8, 4) is 11.5 Å². The molecular formula is C19H30N2O3. The number of amides is 1. The van der Waals surface area contributed by atoms with Crippen LogP contribution in [0, 0.1) is 5.92 Å². The van der Waals surface area contributed by atoms with Gasteiger partial charge >= 0.3 is 0 Å². The molecule has 0 spiro atoms. The van der Waals surface area contributed by atoms with Gasteiger partial charge in [0.05, 0.1) is 20.6 Å². The van der Waals surface area contributed by atoms with Crippen molar-refractivity contribution in [2.75, 3.05) is 46.9 Å². The second kappa shape index (κ2) is 8.92. The van der Waals surface area contributed by atoms with Crippen LogP contribution in [0.15, 0.2) is 18.2 Å². The number of carbonyl (C=O) groups is 1. The predicted octanol–water partition coefficient (Wildman–Crippen LogP) is 2.44. The summed E-state index contributed by atoms with van der Waals surface area (Å²) in [5.41, 5.74) is 0.958. The minimum Gasteiger partial charge on any atom is -0.493 e. The predicted molar refractivity (Wildman–Crippen MR) is 95.7 cm³/mol. The lowest BCUT2D eigenvalue weighted by Crippen LogP contribution is -2.49. The van der Waals surface area contributed by atoms with Gasteiger partial charge in [-0.25, -0.2) is 0 Å². The van der Waals surface area contributed by atoms with Crippen LogP contribution in [0.2, 0.25) is 0 Å². The summed E-state index contributed by atoms with van der Waals surface area (Å²) in [5, 5.41) is 0. The van der Waals surface area contributed by atoms with Crippen molar-refractivity contribution < 1.29 is 14.3 Å². The number of piperazine rings is 1. The smallest absolute Gasteiger partial charge is 0.227 e. The zero-order chi connectivity index (χ0) is 17.5. The summed E-state index contributed by atoms with van der Waals surface area (Å²) in [6, 6.07) is 5.67. The minimum atomic E-state index is 0.186. The number of ether oxygens (including phenoxy) is 2. The van der Waals surface area contributed by atoms with Gasteiger partial charge in [0.2, 0.25) is 5.91 Å². The number of methoxy groups -OCH3 is 2. The molecule has 0 radical (unpaired) electrons. The minimum absolute atomic E-state index is 0.186. The molecule has 5 nitrogen and oxygen atoms in total. The van der Waals surface area contributed by atoms with Crippen LogP contribution in [-0.2, 0) is 11.2 Å². The van der Waals surface area contributed by atoms with Crippen molar-refractivity contribution >= 4 is 5.91 Å². The lowest BCUT2D eigenvalue weighted by atomic mass is 10.1.